The van der Waals surface area contributed by atoms with Gasteiger partial charge in [-0.05, 0) is 25.2 Å². The molecule has 2 atom stereocenters. The molecule has 92 valence electrons. The van der Waals surface area contributed by atoms with Gasteiger partial charge < -0.3 is 10.1 Å². The quantitative estimate of drug-likeness (QED) is 0.860. The molecule has 5 heteroatoms. The van der Waals surface area contributed by atoms with E-state index in [1.54, 1.807) is 18.2 Å². The molecule has 2 unspecified atom stereocenters. The van der Waals surface area contributed by atoms with Crippen LogP contribution in [-0.4, -0.2) is 32.1 Å². The van der Waals surface area contributed by atoms with Gasteiger partial charge in [0.05, 0.1) is 24.2 Å². The zero-order valence-corrected chi connectivity index (χ0v) is 10.9. The van der Waals surface area contributed by atoms with Crippen molar-refractivity contribution < 1.29 is 9.53 Å². The number of ether oxygens (including phenoxy) is 1. The van der Waals surface area contributed by atoms with Gasteiger partial charge in [0.15, 0.2) is 5.78 Å². The summed E-state index contributed by atoms with van der Waals surface area (Å²) < 4.78 is 5.31. The molecule has 0 spiro atoms. The number of hydrogen-bond donors (Lipinski definition) is 1. The Morgan fingerprint density at radius 3 is 2.88 bits per heavy atom. The summed E-state index contributed by atoms with van der Waals surface area (Å²) in [5.74, 6) is -0.217. The highest BCUT2D eigenvalue weighted by atomic mass is 35.5. The average Bonchev–Trinajstić information content (AvgIpc) is 2.79. The molecule has 0 radical (unpaired) electrons. The first-order valence-electron chi connectivity index (χ1n) is 5.37. The van der Waals surface area contributed by atoms with Gasteiger partial charge in [-0.15, -0.1) is 0 Å². The minimum atomic E-state index is -0.198. The lowest BCUT2D eigenvalue weighted by atomic mass is 9.93. The molecule has 1 aromatic rings. The van der Waals surface area contributed by atoms with Crippen molar-refractivity contribution in [2.75, 3.05) is 20.3 Å². The van der Waals surface area contributed by atoms with E-state index < -0.39 is 0 Å². The highest BCUT2D eigenvalue weighted by molar-refractivity contribution is 6.36. The molecule has 1 aliphatic rings. The molecule has 0 amide bonds. The molecule has 0 bridgehead atoms. The number of Topliss-reactive ketones (excluding diaryl/α,β-unsaturated/α-hetero) is 1. The summed E-state index contributed by atoms with van der Waals surface area (Å²) in [6, 6.07) is 4.96. The molecule has 1 heterocycles. The Morgan fingerprint density at radius 1 is 1.41 bits per heavy atom. The van der Waals surface area contributed by atoms with Crippen LogP contribution in [0.2, 0.25) is 10.0 Å². The Morgan fingerprint density at radius 2 is 2.18 bits per heavy atom. The van der Waals surface area contributed by atoms with E-state index in [0.717, 1.165) is 0 Å². The van der Waals surface area contributed by atoms with Crippen molar-refractivity contribution in [3.63, 3.8) is 0 Å². The zero-order valence-electron chi connectivity index (χ0n) is 9.37. The van der Waals surface area contributed by atoms with Crippen LogP contribution in [0, 0.1) is 5.92 Å². The summed E-state index contributed by atoms with van der Waals surface area (Å²) in [6.45, 7) is 0.971. The maximum Gasteiger partial charge on any atom is 0.171 e. The molecule has 0 saturated carbocycles. The molecule has 2 rings (SSSR count). The van der Waals surface area contributed by atoms with Crippen LogP contribution in [0.15, 0.2) is 18.2 Å². The average molecular weight is 274 g/mol. The van der Waals surface area contributed by atoms with Crippen molar-refractivity contribution in [2.45, 2.75) is 6.04 Å². The Balaban J connectivity index is 2.27. The summed E-state index contributed by atoms with van der Waals surface area (Å²) in [7, 11) is 1.82. The van der Waals surface area contributed by atoms with Crippen molar-refractivity contribution in [3.05, 3.63) is 33.8 Å². The van der Waals surface area contributed by atoms with Gasteiger partial charge in [-0.3, -0.25) is 4.79 Å². The predicted molar refractivity (Wildman–Crippen MR) is 67.9 cm³/mol. The van der Waals surface area contributed by atoms with Crippen LogP contribution >= 0.6 is 23.2 Å². The van der Waals surface area contributed by atoms with Crippen LogP contribution < -0.4 is 5.32 Å². The Kier molecular flexibility index (Phi) is 4.05. The van der Waals surface area contributed by atoms with Gasteiger partial charge in [-0.1, -0.05) is 23.2 Å². The Hall–Kier alpha value is -0.610. The smallest absolute Gasteiger partial charge is 0.171 e. The second kappa shape index (κ2) is 5.36. The van der Waals surface area contributed by atoms with Gasteiger partial charge in [0, 0.05) is 16.6 Å². The minimum Gasteiger partial charge on any atom is -0.379 e. The normalized spacial score (nSPS) is 23.9. The summed E-state index contributed by atoms with van der Waals surface area (Å²) in [6.07, 6.45) is 0. The van der Waals surface area contributed by atoms with E-state index in [1.165, 1.54) is 0 Å². The summed E-state index contributed by atoms with van der Waals surface area (Å²) in [5, 5.41) is 4.02. The van der Waals surface area contributed by atoms with Crippen LogP contribution in [0.25, 0.3) is 0 Å². The minimum absolute atomic E-state index is 0.0191. The first kappa shape index (κ1) is 12.8. The maximum absolute atomic E-state index is 12.3. The highest BCUT2D eigenvalue weighted by Gasteiger charge is 2.34. The number of benzene rings is 1. The van der Waals surface area contributed by atoms with Crippen LogP contribution in [0.3, 0.4) is 0 Å². The first-order valence-corrected chi connectivity index (χ1v) is 6.13. The molecular weight excluding hydrogens is 261 g/mol. The summed E-state index contributed by atoms with van der Waals surface area (Å²) >= 11 is 11.9. The number of carbonyl (C=O) groups is 1. The second-order valence-electron chi connectivity index (χ2n) is 4.03. The third-order valence-corrected chi connectivity index (χ3v) is 3.55. The number of nitrogens with one attached hydrogen (secondary N) is 1. The molecule has 1 saturated heterocycles. The van der Waals surface area contributed by atoms with Crippen molar-refractivity contribution in [1.82, 2.24) is 5.32 Å². The van der Waals surface area contributed by atoms with E-state index in [0.29, 0.717) is 28.8 Å². The Labute approximate surface area is 110 Å². The fourth-order valence-electron chi connectivity index (χ4n) is 1.98. The summed E-state index contributed by atoms with van der Waals surface area (Å²) in [4.78, 5) is 12.3. The fourth-order valence-corrected chi connectivity index (χ4v) is 2.37. The van der Waals surface area contributed by atoms with Gasteiger partial charge >= 0.3 is 0 Å². The SMILES string of the molecule is CNC1COCC1C(=O)c1cc(Cl)ccc1Cl. The molecule has 3 nitrogen and oxygen atoms in total. The number of rotatable bonds is 3. The highest BCUT2D eigenvalue weighted by Crippen LogP contribution is 2.26. The van der Waals surface area contributed by atoms with E-state index in [-0.39, 0.29) is 17.7 Å². The number of hydrogen-bond acceptors (Lipinski definition) is 3. The second-order valence-corrected chi connectivity index (χ2v) is 4.87. The van der Waals surface area contributed by atoms with E-state index in [4.69, 9.17) is 27.9 Å². The van der Waals surface area contributed by atoms with Crippen molar-refractivity contribution in [3.8, 4) is 0 Å². The first-order chi connectivity index (χ1) is 8.13. The Bertz CT molecular complexity index is 437. The molecule has 0 aliphatic carbocycles. The lowest BCUT2D eigenvalue weighted by Crippen LogP contribution is -2.37. The fraction of sp³-hybridized carbons (Fsp3) is 0.417. The van der Waals surface area contributed by atoms with Gasteiger partial charge in [0.1, 0.15) is 0 Å². The lowest BCUT2D eigenvalue weighted by molar-refractivity contribution is 0.0892. The van der Waals surface area contributed by atoms with Crippen LogP contribution in [0.1, 0.15) is 10.4 Å². The number of likely N-dealkylation sites (N-methyl/N-ethyl adjacent to an activating group) is 1. The monoisotopic (exact) mass is 273 g/mol. The molecule has 0 aromatic heterocycles. The molecule has 1 fully saturated rings. The largest absolute Gasteiger partial charge is 0.379 e. The van der Waals surface area contributed by atoms with Crippen LogP contribution in [0.4, 0.5) is 0 Å². The van der Waals surface area contributed by atoms with Gasteiger partial charge in [0.25, 0.3) is 0 Å². The van der Waals surface area contributed by atoms with Gasteiger partial charge in [-0.2, -0.15) is 0 Å². The predicted octanol–water partition coefficient (Wildman–Crippen LogP) is 2.41. The topological polar surface area (TPSA) is 38.3 Å². The van der Waals surface area contributed by atoms with E-state index in [9.17, 15) is 4.79 Å². The van der Waals surface area contributed by atoms with Gasteiger partial charge in [-0.25, -0.2) is 0 Å². The maximum atomic E-state index is 12.3. The summed E-state index contributed by atoms with van der Waals surface area (Å²) in [5.41, 5.74) is 0.468. The lowest BCUT2D eigenvalue weighted by Gasteiger charge is -2.16. The van der Waals surface area contributed by atoms with Crippen molar-refractivity contribution in [1.29, 1.82) is 0 Å². The molecule has 17 heavy (non-hydrogen) atoms. The van der Waals surface area contributed by atoms with Crippen molar-refractivity contribution >= 4 is 29.0 Å². The molecular formula is C12H13Cl2NO2. The number of carbonyl (C=O) groups excluding carboxylic acids is 1. The zero-order chi connectivity index (χ0) is 12.4. The van der Waals surface area contributed by atoms with E-state index in [1.807, 2.05) is 7.05 Å². The van der Waals surface area contributed by atoms with E-state index >= 15 is 0 Å². The third kappa shape index (κ3) is 2.63. The van der Waals surface area contributed by atoms with Crippen molar-refractivity contribution in [2.24, 2.45) is 5.92 Å². The number of ketones is 1. The van der Waals surface area contributed by atoms with Crippen LogP contribution in [0.5, 0.6) is 0 Å². The molecule has 1 aromatic carbocycles. The molecule has 1 N–H and O–H groups in total. The third-order valence-electron chi connectivity index (χ3n) is 2.98. The van der Waals surface area contributed by atoms with Gasteiger partial charge in [0.2, 0.25) is 0 Å². The standard InChI is InChI=1S/C12H13Cl2NO2/c1-15-11-6-17-5-9(11)12(16)8-4-7(13)2-3-10(8)14/h2-4,9,11,15H,5-6H2,1H3. The number of halogens is 2. The van der Waals surface area contributed by atoms with Crippen LogP contribution in [-0.2, 0) is 4.74 Å². The van der Waals surface area contributed by atoms with E-state index in [2.05, 4.69) is 5.32 Å². The molecule has 1 aliphatic heterocycles.